The number of carbonyl (C=O) groups excluding carboxylic acids is 2. The molecule has 0 aromatic carbocycles. The Morgan fingerprint density at radius 3 is 2.25 bits per heavy atom. The highest BCUT2D eigenvalue weighted by molar-refractivity contribution is 6.74. The summed E-state index contributed by atoms with van der Waals surface area (Å²) < 4.78 is 11.8. The Labute approximate surface area is 147 Å². The largest absolute Gasteiger partial charge is 0.468 e. The van der Waals surface area contributed by atoms with E-state index < -0.39 is 20.2 Å². The lowest BCUT2D eigenvalue weighted by Gasteiger charge is -2.42. The summed E-state index contributed by atoms with van der Waals surface area (Å²) in [6.45, 7) is 17.7. The Balaban J connectivity index is 2.36. The molecule has 0 spiro atoms. The quantitative estimate of drug-likeness (QED) is 0.433. The molecule has 24 heavy (non-hydrogen) atoms. The second-order valence-electron chi connectivity index (χ2n) is 9.88. The summed E-state index contributed by atoms with van der Waals surface area (Å²) in [5, 5.41) is 0.117. The Hall–Kier alpha value is -0.683. The topological polar surface area (TPSA) is 52.6 Å². The van der Waals surface area contributed by atoms with Crippen LogP contribution in [-0.2, 0) is 18.8 Å². The van der Waals surface area contributed by atoms with Gasteiger partial charge in [-0.2, -0.15) is 0 Å². The highest BCUT2D eigenvalue weighted by atomic mass is 28.4. The molecule has 2 saturated carbocycles. The molecule has 1 unspecified atom stereocenters. The Kier molecular flexibility index (Phi) is 4.63. The van der Waals surface area contributed by atoms with Gasteiger partial charge in [-0.15, -0.1) is 0 Å². The van der Waals surface area contributed by atoms with Crippen molar-refractivity contribution < 1.29 is 18.8 Å². The predicted molar refractivity (Wildman–Crippen MR) is 97.2 cm³/mol. The van der Waals surface area contributed by atoms with E-state index in [0.717, 1.165) is 6.42 Å². The van der Waals surface area contributed by atoms with Crippen molar-refractivity contribution in [1.82, 2.24) is 0 Å². The molecule has 0 saturated heterocycles. The second-order valence-corrected chi connectivity index (χ2v) is 14.6. The van der Waals surface area contributed by atoms with Crippen LogP contribution in [0.5, 0.6) is 0 Å². The van der Waals surface area contributed by atoms with Crippen LogP contribution in [0.15, 0.2) is 0 Å². The van der Waals surface area contributed by atoms with Crippen molar-refractivity contribution in [3.8, 4) is 0 Å². The Bertz CT molecular complexity index is 546. The highest BCUT2D eigenvalue weighted by Crippen LogP contribution is 2.71. The zero-order valence-corrected chi connectivity index (χ0v) is 17.8. The number of Topliss-reactive ketones (excluding diaryl/α,β-unsaturated/α-hetero) is 1. The third-order valence-electron chi connectivity index (χ3n) is 7.09. The maximum absolute atomic E-state index is 12.7. The molecule has 0 radical (unpaired) electrons. The van der Waals surface area contributed by atoms with Gasteiger partial charge in [0.15, 0.2) is 8.32 Å². The maximum Gasteiger partial charge on any atom is 0.316 e. The van der Waals surface area contributed by atoms with Gasteiger partial charge in [-0.3, -0.25) is 9.59 Å². The van der Waals surface area contributed by atoms with E-state index in [0.29, 0.717) is 6.42 Å². The molecule has 2 aliphatic rings. The minimum atomic E-state index is -1.97. The minimum Gasteiger partial charge on any atom is -0.468 e. The summed E-state index contributed by atoms with van der Waals surface area (Å²) in [5.74, 6) is -0.872. The Morgan fingerprint density at radius 1 is 1.25 bits per heavy atom. The fraction of sp³-hybridized carbons (Fsp3) is 0.895. The number of hydrogen-bond donors (Lipinski definition) is 0. The Morgan fingerprint density at radius 2 is 1.79 bits per heavy atom. The molecule has 4 atom stereocenters. The number of ether oxygens (including phenoxy) is 1. The van der Waals surface area contributed by atoms with Crippen LogP contribution in [0.3, 0.4) is 0 Å². The van der Waals surface area contributed by atoms with Gasteiger partial charge in [0.25, 0.3) is 0 Å². The van der Waals surface area contributed by atoms with Gasteiger partial charge in [-0.1, -0.05) is 41.5 Å². The van der Waals surface area contributed by atoms with Gasteiger partial charge < -0.3 is 9.16 Å². The van der Waals surface area contributed by atoms with Crippen molar-refractivity contribution in [3.63, 3.8) is 0 Å². The molecule has 2 rings (SSSR count). The molecule has 0 bridgehead atoms. The van der Waals surface area contributed by atoms with Crippen molar-refractivity contribution in [1.29, 1.82) is 0 Å². The summed E-state index contributed by atoms with van der Waals surface area (Å²) in [5.41, 5.74) is -0.304. The molecule has 5 heteroatoms. The van der Waals surface area contributed by atoms with Crippen LogP contribution in [0, 0.1) is 23.2 Å². The zero-order valence-electron chi connectivity index (χ0n) is 16.8. The molecule has 0 amide bonds. The highest BCUT2D eigenvalue weighted by Gasteiger charge is 2.75. The van der Waals surface area contributed by atoms with Crippen LogP contribution in [-0.4, -0.2) is 32.8 Å². The first kappa shape index (κ1) is 19.6. The van der Waals surface area contributed by atoms with Gasteiger partial charge in [-0.25, -0.2) is 0 Å². The lowest BCUT2D eigenvalue weighted by molar-refractivity contribution is -0.151. The van der Waals surface area contributed by atoms with Gasteiger partial charge in [-0.05, 0) is 35.9 Å². The smallest absolute Gasteiger partial charge is 0.316 e. The van der Waals surface area contributed by atoms with Crippen LogP contribution >= 0.6 is 0 Å². The van der Waals surface area contributed by atoms with E-state index >= 15 is 0 Å². The van der Waals surface area contributed by atoms with E-state index in [2.05, 4.69) is 47.7 Å². The van der Waals surface area contributed by atoms with E-state index in [9.17, 15) is 9.59 Å². The number of ketones is 1. The van der Waals surface area contributed by atoms with Crippen LogP contribution < -0.4 is 0 Å². The molecular formula is C19H34O4Si. The number of methoxy groups -OCH3 is 1. The van der Waals surface area contributed by atoms with E-state index in [1.165, 1.54) is 7.11 Å². The van der Waals surface area contributed by atoms with Gasteiger partial charge in [0.1, 0.15) is 11.7 Å². The van der Waals surface area contributed by atoms with Gasteiger partial charge in [0.2, 0.25) is 0 Å². The number of esters is 1. The third kappa shape index (κ3) is 2.77. The number of hydrogen-bond acceptors (Lipinski definition) is 4. The second kappa shape index (κ2) is 5.66. The third-order valence-corrected chi connectivity index (χ3v) is 11.6. The SMILES string of the molecule is COC(=O)C1C(=O)C[C@H]2C(C)(C)[C@]2(O[Si](C)(C)C(C)(C)C)C[C@H]1C. The molecule has 0 aromatic heterocycles. The van der Waals surface area contributed by atoms with Crippen molar-refractivity contribution in [3.05, 3.63) is 0 Å². The lowest BCUT2D eigenvalue weighted by atomic mass is 9.83. The van der Waals surface area contributed by atoms with Gasteiger partial charge >= 0.3 is 5.97 Å². The van der Waals surface area contributed by atoms with E-state index in [4.69, 9.17) is 9.16 Å². The standard InChI is InChI=1S/C19H34O4Si/c1-12-11-19(23-24(8,9)17(2,3)4)14(18(19,5)6)10-13(20)15(12)16(21)22-7/h12,14-15H,10-11H2,1-9H3/t12-,14+,15?,19+/m1/s1. The number of fused-ring (bicyclic) bond motifs is 1. The molecule has 4 nitrogen and oxygen atoms in total. The molecule has 2 aliphatic carbocycles. The zero-order chi connectivity index (χ0) is 18.7. The van der Waals surface area contributed by atoms with Gasteiger partial charge in [0, 0.05) is 12.3 Å². The number of carbonyl (C=O) groups is 2. The predicted octanol–water partition coefficient (Wildman–Crippen LogP) is 4.19. The van der Waals surface area contributed by atoms with Crippen molar-refractivity contribution >= 4 is 20.1 Å². The molecule has 0 aromatic rings. The molecule has 0 N–H and O–H groups in total. The summed E-state index contributed by atoms with van der Waals surface area (Å²) >= 11 is 0. The average Bonchev–Trinajstić information content (AvgIpc) is 2.86. The summed E-state index contributed by atoms with van der Waals surface area (Å²) in [4.78, 5) is 24.8. The molecular weight excluding hydrogens is 320 g/mol. The molecule has 2 fully saturated rings. The van der Waals surface area contributed by atoms with Crippen LogP contribution in [0.1, 0.15) is 54.4 Å². The first-order valence-corrected chi connectivity index (χ1v) is 11.9. The van der Waals surface area contributed by atoms with Crippen molar-refractivity contribution in [2.75, 3.05) is 7.11 Å². The maximum atomic E-state index is 12.7. The van der Waals surface area contributed by atoms with Crippen LogP contribution in [0.25, 0.3) is 0 Å². The normalized spacial score (nSPS) is 35.9. The molecule has 138 valence electrons. The first-order chi connectivity index (χ1) is 10.7. The average molecular weight is 355 g/mol. The van der Waals surface area contributed by atoms with Crippen LogP contribution in [0.2, 0.25) is 18.1 Å². The minimum absolute atomic E-state index is 0.0191. The fourth-order valence-corrected chi connectivity index (χ4v) is 6.04. The van der Waals surface area contributed by atoms with E-state index in [1.807, 2.05) is 6.92 Å². The summed E-state index contributed by atoms with van der Waals surface area (Å²) in [6.07, 6.45) is 1.18. The van der Waals surface area contributed by atoms with Gasteiger partial charge in [0.05, 0.1) is 12.7 Å². The monoisotopic (exact) mass is 354 g/mol. The summed E-state index contributed by atoms with van der Waals surface area (Å²) in [6, 6.07) is 0. The fourth-order valence-electron chi connectivity index (χ4n) is 4.33. The van der Waals surface area contributed by atoms with Crippen molar-refractivity contribution in [2.45, 2.75) is 78.1 Å². The first-order valence-electron chi connectivity index (χ1n) is 9.02. The van der Waals surface area contributed by atoms with E-state index in [1.54, 1.807) is 0 Å². The lowest BCUT2D eigenvalue weighted by Crippen LogP contribution is -2.47. The van der Waals surface area contributed by atoms with E-state index in [-0.39, 0.29) is 33.7 Å². The van der Waals surface area contributed by atoms with Crippen molar-refractivity contribution in [2.24, 2.45) is 23.2 Å². The molecule has 0 aliphatic heterocycles. The number of rotatable bonds is 3. The molecule has 0 heterocycles. The van der Waals surface area contributed by atoms with Crippen LogP contribution in [0.4, 0.5) is 0 Å². The summed E-state index contributed by atoms with van der Waals surface area (Å²) in [7, 11) is -0.610.